The van der Waals surface area contributed by atoms with Crippen LogP contribution in [0.25, 0.3) is 10.3 Å². The number of nitrogens with one attached hydrogen (secondary N) is 1. The van der Waals surface area contributed by atoms with E-state index in [1.54, 1.807) is 23.0 Å². The molecule has 138 valence electrons. The Morgan fingerprint density at radius 3 is 2.93 bits per heavy atom. The Morgan fingerprint density at radius 1 is 1.44 bits per heavy atom. The van der Waals surface area contributed by atoms with Crippen molar-refractivity contribution in [2.24, 2.45) is 12.1 Å². The normalized spacial score (nSPS) is 11.2. The smallest absolute Gasteiger partial charge is 0.291 e. The summed E-state index contributed by atoms with van der Waals surface area (Å²) in [6.45, 7) is 5.78. The maximum absolute atomic E-state index is 13.1. The van der Waals surface area contributed by atoms with Crippen LogP contribution in [0.4, 0.5) is 0 Å². The molecule has 4 aromatic rings. The molecule has 0 aliphatic heterocycles. The topological polar surface area (TPSA) is 92.1 Å². The minimum absolute atomic E-state index is 0.211. The fourth-order valence-corrected chi connectivity index (χ4v) is 4.65. The number of nitrogens with zero attached hydrogens (tertiary/aromatic N) is 6. The quantitative estimate of drug-likeness (QED) is 0.398. The lowest BCUT2D eigenvalue weighted by Gasteiger charge is -2.16. The van der Waals surface area contributed by atoms with E-state index in [1.165, 1.54) is 16.3 Å². The summed E-state index contributed by atoms with van der Waals surface area (Å²) in [5.74, 6) is -0.211. The van der Waals surface area contributed by atoms with E-state index in [2.05, 4.69) is 27.0 Å². The largest absolute Gasteiger partial charge is 0.323 e. The van der Waals surface area contributed by atoms with Crippen molar-refractivity contribution in [2.75, 3.05) is 0 Å². The Morgan fingerprint density at radius 2 is 2.30 bits per heavy atom. The van der Waals surface area contributed by atoms with Crippen LogP contribution in [0.15, 0.2) is 28.3 Å². The van der Waals surface area contributed by atoms with Gasteiger partial charge < -0.3 is 4.57 Å². The Hall–Kier alpha value is -2.85. The summed E-state index contributed by atoms with van der Waals surface area (Å²) in [6.07, 6.45) is 2.46. The number of amides is 1. The molecule has 0 atom stereocenters. The number of rotatable bonds is 6. The Labute approximate surface area is 163 Å². The number of H-pyrrole nitrogens is 1. The van der Waals surface area contributed by atoms with E-state index in [0.717, 1.165) is 32.3 Å². The van der Waals surface area contributed by atoms with E-state index in [4.69, 9.17) is 4.98 Å². The summed E-state index contributed by atoms with van der Waals surface area (Å²) in [5, 5.41) is 15.1. The molecule has 0 radical (unpaired) electrons. The van der Waals surface area contributed by atoms with Gasteiger partial charge >= 0.3 is 0 Å². The van der Waals surface area contributed by atoms with Crippen molar-refractivity contribution in [3.05, 3.63) is 50.8 Å². The van der Waals surface area contributed by atoms with Gasteiger partial charge in [0.25, 0.3) is 5.91 Å². The van der Waals surface area contributed by atoms with Crippen molar-refractivity contribution in [2.45, 2.75) is 19.9 Å². The van der Waals surface area contributed by atoms with Gasteiger partial charge in [-0.3, -0.25) is 9.89 Å². The molecule has 1 amide bonds. The van der Waals surface area contributed by atoms with E-state index in [1.807, 2.05) is 30.0 Å². The molecule has 0 aliphatic carbocycles. The van der Waals surface area contributed by atoms with Crippen LogP contribution in [0.1, 0.15) is 32.4 Å². The number of carbonyl (C=O) groups excluding carboxylic acids is 1. The van der Waals surface area contributed by atoms with Gasteiger partial charge in [-0.15, -0.1) is 22.7 Å². The standard InChI is InChI=1S/C17H17N7OS2/c1-10-14(17(25)24(18-2)7-12-8-26-9-19-12)23(3)16-15(10)27-13(21-16)6-11-4-5-20-22-11/h4-5,8-9H,2,6-7H2,1,3H3,(H,20,22). The fourth-order valence-electron chi connectivity index (χ4n) is 2.99. The van der Waals surface area contributed by atoms with Gasteiger partial charge in [0.2, 0.25) is 0 Å². The molecule has 1 N–H and O–H groups in total. The third kappa shape index (κ3) is 3.17. The summed E-state index contributed by atoms with van der Waals surface area (Å²) in [5.41, 5.74) is 5.72. The predicted octanol–water partition coefficient (Wildman–Crippen LogP) is 2.97. The average Bonchev–Trinajstić information content (AvgIpc) is 3.43. The maximum Gasteiger partial charge on any atom is 0.291 e. The highest BCUT2D eigenvalue weighted by Gasteiger charge is 2.26. The van der Waals surface area contributed by atoms with Crippen molar-refractivity contribution >= 4 is 45.6 Å². The zero-order valence-corrected chi connectivity index (χ0v) is 16.5. The van der Waals surface area contributed by atoms with Crippen LogP contribution in [0, 0.1) is 6.92 Å². The summed E-state index contributed by atoms with van der Waals surface area (Å²) in [6, 6.07) is 1.93. The van der Waals surface area contributed by atoms with Crippen LogP contribution < -0.4 is 0 Å². The van der Waals surface area contributed by atoms with E-state index in [9.17, 15) is 4.79 Å². The highest BCUT2D eigenvalue weighted by atomic mass is 32.1. The van der Waals surface area contributed by atoms with Gasteiger partial charge in [0.15, 0.2) is 5.65 Å². The second kappa shape index (κ2) is 7.05. The van der Waals surface area contributed by atoms with Gasteiger partial charge in [0.05, 0.1) is 28.1 Å². The minimum Gasteiger partial charge on any atom is -0.323 e. The summed E-state index contributed by atoms with van der Waals surface area (Å²) < 4.78 is 2.83. The molecule has 0 aromatic carbocycles. The molecule has 0 bridgehead atoms. The van der Waals surface area contributed by atoms with Crippen LogP contribution in [0.2, 0.25) is 0 Å². The first-order chi connectivity index (χ1) is 13.1. The molecule has 0 fully saturated rings. The zero-order chi connectivity index (χ0) is 19.0. The molecular weight excluding hydrogens is 382 g/mol. The highest BCUT2D eigenvalue weighted by molar-refractivity contribution is 7.18. The van der Waals surface area contributed by atoms with E-state index in [-0.39, 0.29) is 5.91 Å². The van der Waals surface area contributed by atoms with Crippen molar-refractivity contribution in [3.8, 4) is 0 Å². The van der Waals surface area contributed by atoms with Crippen LogP contribution in [-0.4, -0.2) is 42.4 Å². The number of aryl methyl sites for hydroxylation is 2. The molecule has 0 saturated carbocycles. The first-order valence-electron chi connectivity index (χ1n) is 8.17. The number of hydrogen-bond acceptors (Lipinski definition) is 7. The number of aromatic amines is 1. The monoisotopic (exact) mass is 399 g/mol. The Bertz CT molecular complexity index is 1060. The maximum atomic E-state index is 13.1. The fraction of sp³-hybridized carbons (Fsp3) is 0.235. The van der Waals surface area contributed by atoms with Gasteiger partial charge in [-0.25, -0.2) is 15.0 Å². The second-order valence-electron chi connectivity index (χ2n) is 6.02. The minimum atomic E-state index is -0.211. The molecule has 4 heterocycles. The van der Waals surface area contributed by atoms with Crippen molar-refractivity contribution in [1.29, 1.82) is 0 Å². The second-order valence-corrected chi connectivity index (χ2v) is 7.82. The molecule has 4 aromatic heterocycles. The van der Waals surface area contributed by atoms with Crippen LogP contribution in [0.3, 0.4) is 0 Å². The van der Waals surface area contributed by atoms with Gasteiger partial charge in [0, 0.05) is 31.8 Å². The molecule has 4 rings (SSSR count). The van der Waals surface area contributed by atoms with Crippen molar-refractivity contribution < 1.29 is 4.79 Å². The van der Waals surface area contributed by atoms with Gasteiger partial charge in [0.1, 0.15) is 10.7 Å². The third-order valence-corrected chi connectivity index (χ3v) is 6.10. The summed E-state index contributed by atoms with van der Waals surface area (Å²) >= 11 is 3.07. The SMILES string of the molecule is C=NN(Cc1cscn1)C(=O)c1c(C)c2sc(Cc3cc[nH]n3)nc2n1C. The van der Waals surface area contributed by atoms with Crippen molar-refractivity contribution in [1.82, 2.24) is 29.7 Å². The van der Waals surface area contributed by atoms with E-state index >= 15 is 0 Å². The molecule has 0 spiro atoms. The van der Waals surface area contributed by atoms with Crippen LogP contribution in [-0.2, 0) is 20.0 Å². The van der Waals surface area contributed by atoms with Crippen LogP contribution >= 0.6 is 22.7 Å². The molecule has 27 heavy (non-hydrogen) atoms. The molecule has 0 unspecified atom stereocenters. The lowest BCUT2D eigenvalue weighted by atomic mass is 10.2. The van der Waals surface area contributed by atoms with E-state index in [0.29, 0.717) is 18.7 Å². The molecular formula is C17H17N7OS2. The van der Waals surface area contributed by atoms with Gasteiger partial charge in [-0.1, -0.05) is 0 Å². The van der Waals surface area contributed by atoms with Gasteiger partial charge in [-0.05, 0) is 18.6 Å². The summed E-state index contributed by atoms with van der Waals surface area (Å²) in [7, 11) is 1.85. The average molecular weight is 400 g/mol. The lowest BCUT2D eigenvalue weighted by molar-refractivity contribution is 0.0739. The zero-order valence-electron chi connectivity index (χ0n) is 14.8. The Kier molecular flexibility index (Phi) is 4.58. The number of aromatic nitrogens is 5. The number of thiazole rings is 2. The lowest BCUT2D eigenvalue weighted by Crippen LogP contribution is -2.27. The summed E-state index contributed by atoms with van der Waals surface area (Å²) in [4.78, 5) is 22.0. The highest BCUT2D eigenvalue weighted by Crippen LogP contribution is 2.31. The third-order valence-electron chi connectivity index (χ3n) is 4.30. The number of hydrogen-bond donors (Lipinski definition) is 1. The van der Waals surface area contributed by atoms with Gasteiger partial charge in [-0.2, -0.15) is 10.2 Å². The molecule has 8 nitrogen and oxygen atoms in total. The first-order valence-corrected chi connectivity index (χ1v) is 9.93. The Balaban J connectivity index is 1.66. The number of fused-ring (bicyclic) bond motifs is 1. The first kappa shape index (κ1) is 17.6. The van der Waals surface area contributed by atoms with Crippen LogP contribution in [0.5, 0.6) is 0 Å². The van der Waals surface area contributed by atoms with Crippen molar-refractivity contribution in [3.63, 3.8) is 0 Å². The molecule has 0 aliphatic rings. The molecule has 0 saturated heterocycles. The molecule has 10 heteroatoms. The number of carbonyl (C=O) groups is 1. The predicted molar refractivity (Wildman–Crippen MR) is 106 cm³/mol. The van der Waals surface area contributed by atoms with E-state index < -0.39 is 0 Å². The number of hydrazone groups is 1.